The molecule has 1 fully saturated rings. The molecule has 0 aromatic rings. The number of carboxylic acids is 1. The summed E-state index contributed by atoms with van der Waals surface area (Å²) >= 11 is 0. The molecule has 0 atom stereocenters. The van der Waals surface area contributed by atoms with Crippen LogP contribution in [0.2, 0.25) is 0 Å². The highest BCUT2D eigenvalue weighted by Crippen LogP contribution is 2.38. The molecule has 0 bridgehead atoms. The van der Waals surface area contributed by atoms with Gasteiger partial charge in [-0.25, -0.2) is 5.90 Å². The summed E-state index contributed by atoms with van der Waals surface area (Å²) in [5.41, 5.74) is -0.625. The van der Waals surface area contributed by atoms with E-state index in [0.717, 1.165) is 25.7 Å². The Hall–Kier alpha value is -0.610. The zero-order chi connectivity index (χ0) is 10.8. The smallest absolute Gasteiger partial charge is 0.309 e. The van der Waals surface area contributed by atoms with Crippen molar-refractivity contribution in [1.29, 1.82) is 0 Å². The minimum atomic E-state index is -0.713. The van der Waals surface area contributed by atoms with Crippen LogP contribution in [0.15, 0.2) is 0 Å². The highest BCUT2D eigenvalue weighted by molar-refractivity contribution is 5.74. The van der Waals surface area contributed by atoms with Crippen molar-refractivity contribution < 1.29 is 14.7 Å². The van der Waals surface area contributed by atoms with Gasteiger partial charge >= 0.3 is 5.97 Å². The van der Waals surface area contributed by atoms with Gasteiger partial charge in [0.15, 0.2) is 0 Å². The summed E-state index contributed by atoms with van der Waals surface area (Å²) in [6.45, 7) is 3.59. The van der Waals surface area contributed by atoms with Crippen LogP contribution < -0.4 is 5.90 Å². The number of rotatable bonds is 3. The van der Waals surface area contributed by atoms with Crippen LogP contribution in [0.4, 0.5) is 0 Å². The van der Waals surface area contributed by atoms with Crippen LogP contribution in [0.5, 0.6) is 0 Å². The van der Waals surface area contributed by atoms with Gasteiger partial charge < -0.3 is 9.94 Å². The second-order valence-electron chi connectivity index (χ2n) is 4.64. The highest BCUT2D eigenvalue weighted by atomic mass is 16.6. The van der Waals surface area contributed by atoms with Gasteiger partial charge in [0, 0.05) is 0 Å². The molecular formula is C10H19NO3. The van der Waals surface area contributed by atoms with Crippen molar-refractivity contribution in [3.05, 3.63) is 0 Å². The van der Waals surface area contributed by atoms with E-state index in [1.807, 2.05) is 0 Å². The molecule has 1 aliphatic rings. The van der Waals surface area contributed by atoms with Gasteiger partial charge in [0.1, 0.15) is 0 Å². The lowest BCUT2D eigenvalue weighted by Gasteiger charge is -2.35. The topological polar surface area (TPSA) is 72.5 Å². The third kappa shape index (κ3) is 2.25. The van der Waals surface area contributed by atoms with E-state index in [2.05, 4.69) is 0 Å². The molecule has 0 saturated heterocycles. The first-order chi connectivity index (χ1) is 6.48. The third-order valence-corrected chi connectivity index (χ3v) is 3.44. The van der Waals surface area contributed by atoms with E-state index in [0.29, 0.717) is 0 Å². The summed E-state index contributed by atoms with van der Waals surface area (Å²) in [4.78, 5) is 15.8. The molecule has 1 rings (SSSR count). The zero-order valence-corrected chi connectivity index (χ0v) is 8.82. The lowest BCUT2D eigenvalue weighted by molar-refractivity contribution is -0.151. The minimum Gasteiger partial charge on any atom is -0.481 e. The number of carboxylic acid groups (broad SMARTS) is 1. The van der Waals surface area contributed by atoms with Crippen molar-refractivity contribution in [2.45, 2.75) is 45.6 Å². The van der Waals surface area contributed by atoms with Crippen molar-refractivity contribution in [2.75, 3.05) is 0 Å². The summed E-state index contributed by atoms with van der Waals surface area (Å²) < 4.78 is 0. The van der Waals surface area contributed by atoms with E-state index < -0.39 is 11.4 Å². The van der Waals surface area contributed by atoms with E-state index >= 15 is 0 Å². The Labute approximate surface area is 84.4 Å². The monoisotopic (exact) mass is 201 g/mol. The van der Waals surface area contributed by atoms with E-state index in [1.54, 1.807) is 13.8 Å². The first-order valence-electron chi connectivity index (χ1n) is 5.07. The second-order valence-corrected chi connectivity index (χ2v) is 4.64. The van der Waals surface area contributed by atoms with Gasteiger partial charge in [-0.05, 0) is 45.4 Å². The number of hydrogen-bond donors (Lipinski definition) is 2. The maximum absolute atomic E-state index is 11.0. The van der Waals surface area contributed by atoms with Gasteiger partial charge in [0.05, 0.1) is 11.5 Å². The number of hydrogen-bond acceptors (Lipinski definition) is 3. The SMILES string of the molecule is CC(C)(C(=O)O)[C@H]1CC[C@H](ON)CC1. The van der Waals surface area contributed by atoms with Gasteiger partial charge in [0.2, 0.25) is 0 Å². The first-order valence-corrected chi connectivity index (χ1v) is 5.07. The Kier molecular flexibility index (Phi) is 3.50. The molecule has 1 saturated carbocycles. The molecule has 82 valence electrons. The number of nitrogens with two attached hydrogens (primary N) is 1. The van der Waals surface area contributed by atoms with E-state index in [9.17, 15) is 4.79 Å². The Morgan fingerprint density at radius 3 is 2.21 bits per heavy atom. The number of aliphatic carboxylic acids is 1. The van der Waals surface area contributed by atoms with E-state index in [4.69, 9.17) is 15.8 Å². The molecule has 0 aliphatic heterocycles. The summed E-state index contributed by atoms with van der Waals surface area (Å²) in [6.07, 6.45) is 3.65. The van der Waals surface area contributed by atoms with E-state index in [1.165, 1.54) is 0 Å². The lowest BCUT2D eigenvalue weighted by atomic mass is 9.70. The van der Waals surface area contributed by atoms with Crippen molar-refractivity contribution in [3.8, 4) is 0 Å². The molecule has 1 aliphatic carbocycles. The Balaban J connectivity index is 2.53. The van der Waals surface area contributed by atoms with Crippen LogP contribution in [0.25, 0.3) is 0 Å². The standard InChI is InChI=1S/C10H19NO3/c1-10(2,9(12)13)7-3-5-8(14-11)6-4-7/h7-8H,3-6,11H2,1-2H3,(H,12,13)/t7-,8-. The van der Waals surface area contributed by atoms with E-state index in [-0.39, 0.29) is 12.0 Å². The van der Waals surface area contributed by atoms with Crippen molar-refractivity contribution >= 4 is 5.97 Å². The van der Waals surface area contributed by atoms with Crippen LogP contribution in [-0.2, 0) is 9.63 Å². The molecule has 4 nitrogen and oxygen atoms in total. The zero-order valence-electron chi connectivity index (χ0n) is 8.82. The van der Waals surface area contributed by atoms with Gasteiger partial charge in [-0.15, -0.1) is 0 Å². The molecule has 0 radical (unpaired) electrons. The molecule has 14 heavy (non-hydrogen) atoms. The molecule has 0 unspecified atom stereocenters. The normalized spacial score (nSPS) is 28.8. The predicted molar refractivity (Wildman–Crippen MR) is 52.4 cm³/mol. The van der Waals surface area contributed by atoms with Gasteiger partial charge in [-0.1, -0.05) is 0 Å². The molecular weight excluding hydrogens is 182 g/mol. The fourth-order valence-corrected chi connectivity index (χ4v) is 2.10. The molecule has 0 aromatic carbocycles. The minimum absolute atomic E-state index is 0.121. The molecule has 0 aromatic heterocycles. The molecule has 0 amide bonds. The average molecular weight is 201 g/mol. The van der Waals surface area contributed by atoms with Gasteiger partial charge in [0.25, 0.3) is 0 Å². The summed E-state index contributed by atoms with van der Waals surface area (Å²) in [5.74, 6) is 4.63. The Morgan fingerprint density at radius 1 is 1.36 bits per heavy atom. The molecule has 3 N–H and O–H groups in total. The first kappa shape index (κ1) is 11.5. The molecule has 0 spiro atoms. The molecule has 0 heterocycles. The second kappa shape index (κ2) is 4.28. The predicted octanol–water partition coefficient (Wildman–Crippen LogP) is 1.55. The van der Waals surface area contributed by atoms with Crippen LogP contribution in [0, 0.1) is 11.3 Å². The summed E-state index contributed by atoms with van der Waals surface area (Å²) in [6, 6.07) is 0. The van der Waals surface area contributed by atoms with Crippen LogP contribution in [-0.4, -0.2) is 17.2 Å². The maximum Gasteiger partial charge on any atom is 0.309 e. The number of carbonyl (C=O) groups is 1. The summed E-state index contributed by atoms with van der Waals surface area (Å²) in [7, 11) is 0. The van der Waals surface area contributed by atoms with Gasteiger partial charge in [-0.3, -0.25) is 4.79 Å². The molecule has 4 heteroatoms. The van der Waals surface area contributed by atoms with Gasteiger partial charge in [-0.2, -0.15) is 0 Å². The van der Waals surface area contributed by atoms with Crippen LogP contribution >= 0.6 is 0 Å². The van der Waals surface area contributed by atoms with Crippen molar-refractivity contribution in [1.82, 2.24) is 0 Å². The lowest BCUT2D eigenvalue weighted by Crippen LogP contribution is -2.37. The largest absolute Gasteiger partial charge is 0.481 e. The van der Waals surface area contributed by atoms with Crippen molar-refractivity contribution in [3.63, 3.8) is 0 Å². The highest BCUT2D eigenvalue weighted by Gasteiger charge is 2.38. The summed E-state index contributed by atoms with van der Waals surface area (Å²) in [5, 5.41) is 9.06. The Bertz CT molecular complexity index is 207. The van der Waals surface area contributed by atoms with Crippen LogP contribution in [0.3, 0.4) is 0 Å². The quantitative estimate of drug-likeness (QED) is 0.679. The maximum atomic E-state index is 11.0. The fourth-order valence-electron chi connectivity index (χ4n) is 2.10. The van der Waals surface area contributed by atoms with Crippen LogP contribution in [0.1, 0.15) is 39.5 Å². The average Bonchev–Trinajstić information content (AvgIpc) is 2.17. The Morgan fingerprint density at radius 2 is 1.86 bits per heavy atom. The third-order valence-electron chi connectivity index (χ3n) is 3.44. The van der Waals surface area contributed by atoms with Crippen molar-refractivity contribution in [2.24, 2.45) is 17.2 Å². The fraction of sp³-hybridized carbons (Fsp3) is 0.900.